The van der Waals surface area contributed by atoms with E-state index in [0.717, 1.165) is 43.4 Å². The van der Waals surface area contributed by atoms with Crippen LogP contribution in [0.4, 0.5) is 5.82 Å². The van der Waals surface area contributed by atoms with E-state index >= 15 is 0 Å². The molecule has 0 saturated carbocycles. The van der Waals surface area contributed by atoms with Gasteiger partial charge in [0.05, 0.1) is 5.39 Å². The SMILES string of the molecule is Cc1sc2ncnc(N3CCN(Cc4cccc5ccccc45)CC3)c2c1C. The van der Waals surface area contributed by atoms with E-state index in [1.165, 1.54) is 32.2 Å². The monoisotopic (exact) mass is 388 g/mol. The van der Waals surface area contributed by atoms with Crippen molar-refractivity contribution in [3.8, 4) is 0 Å². The topological polar surface area (TPSA) is 32.3 Å². The Morgan fingerprint density at radius 3 is 2.57 bits per heavy atom. The maximum Gasteiger partial charge on any atom is 0.141 e. The van der Waals surface area contributed by atoms with E-state index in [0.29, 0.717) is 0 Å². The quantitative estimate of drug-likeness (QED) is 0.505. The lowest BCUT2D eigenvalue weighted by Gasteiger charge is -2.35. The van der Waals surface area contributed by atoms with Crippen LogP contribution in [0.5, 0.6) is 0 Å². The summed E-state index contributed by atoms with van der Waals surface area (Å²) in [6.45, 7) is 9.49. The van der Waals surface area contributed by atoms with Crippen LogP contribution in [0, 0.1) is 13.8 Å². The Kier molecular flexibility index (Phi) is 4.49. The molecule has 0 aliphatic carbocycles. The van der Waals surface area contributed by atoms with Gasteiger partial charge < -0.3 is 4.90 Å². The Hall–Kier alpha value is -2.50. The molecule has 2 aromatic carbocycles. The van der Waals surface area contributed by atoms with Crippen molar-refractivity contribution in [1.82, 2.24) is 14.9 Å². The summed E-state index contributed by atoms with van der Waals surface area (Å²) in [6.07, 6.45) is 1.72. The molecule has 4 aromatic rings. The summed E-state index contributed by atoms with van der Waals surface area (Å²) in [6, 6.07) is 15.3. The van der Waals surface area contributed by atoms with E-state index in [9.17, 15) is 0 Å². The zero-order valence-electron chi connectivity index (χ0n) is 16.4. The van der Waals surface area contributed by atoms with Crippen molar-refractivity contribution in [2.75, 3.05) is 31.1 Å². The maximum absolute atomic E-state index is 4.66. The Balaban J connectivity index is 1.34. The standard InChI is InChI=1S/C23H24N4S/c1-16-17(2)28-23-21(16)22(24-15-25-23)27-12-10-26(11-13-27)14-19-8-5-7-18-6-3-4-9-20(18)19/h3-9,15H,10-14H2,1-2H3. The van der Waals surface area contributed by atoms with Gasteiger partial charge in [-0.25, -0.2) is 9.97 Å². The highest BCUT2D eigenvalue weighted by Crippen LogP contribution is 2.34. The predicted octanol–water partition coefficient (Wildman–Crippen LogP) is 4.78. The molecule has 5 heteroatoms. The van der Waals surface area contributed by atoms with Crippen LogP contribution in [0.2, 0.25) is 0 Å². The average Bonchev–Trinajstić information content (AvgIpc) is 3.03. The minimum Gasteiger partial charge on any atom is -0.353 e. The van der Waals surface area contributed by atoms with Crippen LogP contribution in [-0.2, 0) is 6.54 Å². The summed E-state index contributed by atoms with van der Waals surface area (Å²) in [5.74, 6) is 1.11. The van der Waals surface area contributed by atoms with Crippen molar-refractivity contribution >= 4 is 38.1 Å². The molecule has 1 saturated heterocycles. The van der Waals surface area contributed by atoms with Gasteiger partial charge in [-0.3, -0.25) is 4.90 Å². The molecule has 5 rings (SSSR count). The molecule has 142 valence electrons. The minimum atomic E-state index is 1.00. The first kappa shape index (κ1) is 17.6. The van der Waals surface area contributed by atoms with Crippen molar-refractivity contribution in [2.45, 2.75) is 20.4 Å². The molecule has 0 atom stereocenters. The molecule has 3 heterocycles. The predicted molar refractivity (Wildman–Crippen MR) is 118 cm³/mol. The molecule has 0 N–H and O–H groups in total. The summed E-state index contributed by atoms with van der Waals surface area (Å²) >= 11 is 1.77. The van der Waals surface area contributed by atoms with E-state index in [2.05, 4.69) is 76.1 Å². The van der Waals surface area contributed by atoms with Gasteiger partial charge in [-0.1, -0.05) is 42.5 Å². The smallest absolute Gasteiger partial charge is 0.141 e. The van der Waals surface area contributed by atoms with Crippen LogP contribution in [0.25, 0.3) is 21.0 Å². The van der Waals surface area contributed by atoms with Crippen LogP contribution in [0.1, 0.15) is 16.0 Å². The van der Waals surface area contributed by atoms with Gasteiger partial charge in [0.1, 0.15) is 17.0 Å². The van der Waals surface area contributed by atoms with Crippen molar-refractivity contribution in [2.24, 2.45) is 0 Å². The number of fused-ring (bicyclic) bond motifs is 2. The van der Waals surface area contributed by atoms with Crippen LogP contribution >= 0.6 is 11.3 Å². The Bertz CT molecular complexity index is 1140. The van der Waals surface area contributed by atoms with Crippen LogP contribution < -0.4 is 4.90 Å². The van der Waals surface area contributed by atoms with Gasteiger partial charge in [-0.15, -0.1) is 11.3 Å². The number of aryl methyl sites for hydroxylation is 2. The van der Waals surface area contributed by atoms with Crippen LogP contribution in [-0.4, -0.2) is 41.0 Å². The largest absolute Gasteiger partial charge is 0.353 e. The summed E-state index contributed by atoms with van der Waals surface area (Å²) in [5, 5.41) is 3.94. The fourth-order valence-electron chi connectivity index (χ4n) is 4.19. The van der Waals surface area contributed by atoms with Gasteiger partial charge in [0.15, 0.2) is 0 Å². The number of piperazine rings is 1. The first-order valence-corrected chi connectivity index (χ1v) is 10.7. The van der Waals surface area contributed by atoms with Gasteiger partial charge in [-0.2, -0.15) is 0 Å². The molecule has 1 aliphatic rings. The van der Waals surface area contributed by atoms with Crippen molar-refractivity contribution in [3.05, 3.63) is 64.8 Å². The third-order valence-corrected chi connectivity index (χ3v) is 7.01. The van der Waals surface area contributed by atoms with Gasteiger partial charge in [-0.05, 0) is 35.7 Å². The lowest BCUT2D eigenvalue weighted by atomic mass is 10.0. The number of hydrogen-bond acceptors (Lipinski definition) is 5. The van der Waals surface area contributed by atoms with Crippen LogP contribution in [0.15, 0.2) is 48.8 Å². The van der Waals surface area contributed by atoms with E-state index in [4.69, 9.17) is 0 Å². The number of hydrogen-bond donors (Lipinski definition) is 0. The number of nitrogens with zero attached hydrogens (tertiary/aromatic N) is 4. The summed E-state index contributed by atoms with van der Waals surface area (Å²) in [4.78, 5) is 16.6. The van der Waals surface area contributed by atoms with Crippen molar-refractivity contribution < 1.29 is 0 Å². The maximum atomic E-state index is 4.66. The molecule has 0 amide bonds. The van der Waals surface area contributed by atoms with E-state index in [1.807, 2.05) is 0 Å². The molecular formula is C23H24N4S. The number of anilines is 1. The lowest BCUT2D eigenvalue weighted by molar-refractivity contribution is 0.250. The highest BCUT2D eigenvalue weighted by atomic mass is 32.1. The normalized spacial score (nSPS) is 15.6. The second kappa shape index (κ2) is 7.15. The molecular weight excluding hydrogens is 364 g/mol. The first-order chi connectivity index (χ1) is 13.7. The number of aromatic nitrogens is 2. The summed E-state index contributed by atoms with van der Waals surface area (Å²) in [5.41, 5.74) is 2.74. The molecule has 1 aliphatic heterocycles. The molecule has 0 spiro atoms. The second-order valence-corrected chi connectivity index (χ2v) is 8.77. The molecule has 1 fully saturated rings. The third kappa shape index (κ3) is 3.05. The lowest BCUT2D eigenvalue weighted by Crippen LogP contribution is -2.46. The van der Waals surface area contributed by atoms with Crippen molar-refractivity contribution in [3.63, 3.8) is 0 Å². The average molecular weight is 389 g/mol. The molecule has 0 bridgehead atoms. The second-order valence-electron chi connectivity index (χ2n) is 7.56. The van der Waals surface area contributed by atoms with Crippen molar-refractivity contribution in [1.29, 1.82) is 0 Å². The molecule has 0 radical (unpaired) electrons. The van der Waals surface area contributed by atoms with Gasteiger partial charge in [0.25, 0.3) is 0 Å². The molecule has 0 unspecified atom stereocenters. The fourth-order valence-corrected chi connectivity index (χ4v) is 5.18. The highest BCUT2D eigenvalue weighted by Gasteiger charge is 2.22. The zero-order valence-corrected chi connectivity index (χ0v) is 17.2. The first-order valence-electron chi connectivity index (χ1n) is 9.85. The number of rotatable bonds is 3. The molecule has 4 nitrogen and oxygen atoms in total. The number of thiophene rings is 1. The molecule has 28 heavy (non-hydrogen) atoms. The zero-order chi connectivity index (χ0) is 19.1. The fraction of sp³-hybridized carbons (Fsp3) is 0.304. The van der Waals surface area contributed by atoms with Gasteiger partial charge in [0, 0.05) is 37.6 Å². The molecule has 2 aromatic heterocycles. The Labute approximate surface area is 169 Å². The summed E-state index contributed by atoms with van der Waals surface area (Å²) in [7, 11) is 0. The van der Waals surface area contributed by atoms with E-state index in [-0.39, 0.29) is 0 Å². The Morgan fingerprint density at radius 1 is 0.929 bits per heavy atom. The van der Waals surface area contributed by atoms with E-state index < -0.39 is 0 Å². The Morgan fingerprint density at radius 2 is 1.71 bits per heavy atom. The van der Waals surface area contributed by atoms with Gasteiger partial charge in [0.2, 0.25) is 0 Å². The third-order valence-electron chi connectivity index (χ3n) is 5.89. The highest BCUT2D eigenvalue weighted by molar-refractivity contribution is 7.18. The number of benzene rings is 2. The minimum absolute atomic E-state index is 1.00. The van der Waals surface area contributed by atoms with Gasteiger partial charge >= 0.3 is 0 Å². The summed E-state index contributed by atoms with van der Waals surface area (Å²) < 4.78 is 0. The van der Waals surface area contributed by atoms with Crippen LogP contribution in [0.3, 0.4) is 0 Å². The van der Waals surface area contributed by atoms with E-state index in [1.54, 1.807) is 17.7 Å².